The number of hydrogen-bond donors (Lipinski definition) is 0. The lowest BCUT2D eigenvalue weighted by molar-refractivity contribution is -0.122. The highest BCUT2D eigenvalue weighted by Gasteiger charge is 2.32. The Hall–Kier alpha value is -3.00. The van der Waals surface area contributed by atoms with Crippen molar-refractivity contribution in [1.29, 1.82) is 0 Å². The van der Waals surface area contributed by atoms with Gasteiger partial charge in [-0.2, -0.15) is 0 Å². The van der Waals surface area contributed by atoms with E-state index in [1.807, 2.05) is 19.1 Å². The summed E-state index contributed by atoms with van der Waals surface area (Å²) in [6, 6.07) is 7.26. The molecule has 1 amide bonds. The lowest BCUT2D eigenvalue weighted by Crippen LogP contribution is -2.28. The minimum Gasteiger partial charge on any atom is -0.493 e. The third-order valence-electron chi connectivity index (χ3n) is 4.06. The highest BCUT2D eigenvalue weighted by atomic mass is 32.2. The topological polar surface area (TPSA) is 73.2 Å². The number of carbonyl (C=O) groups excluding carboxylic acids is 1. The molecule has 0 spiro atoms. The van der Waals surface area contributed by atoms with Gasteiger partial charge in [0.2, 0.25) is 5.75 Å². The fourth-order valence-corrected chi connectivity index (χ4v) is 3.80. The second-order valence-corrected chi connectivity index (χ2v) is 6.73. The highest BCUT2D eigenvalue weighted by molar-refractivity contribution is 8.18. The Morgan fingerprint density at radius 1 is 1.18 bits per heavy atom. The number of amidine groups is 1. The second kappa shape index (κ2) is 8.79. The first kappa shape index (κ1) is 19.8. The normalized spacial score (nSPS) is 16.7. The molecule has 146 valence electrons. The molecule has 0 atom stereocenters. The number of aliphatic imine (C=N–C) groups is 1. The van der Waals surface area contributed by atoms with Crippen LogP contribution >= 0.6 is 11.8 Å². The molecule has 1 aromatic carbocycles. The van der Waals surface area contributed by atoms with Gasteiger partial charge in [0.05, 0.1) is 38.1 Å². The maximum atomic E-state index is 12.8. The molecular formula is C20H21N3O4S. The Morgan fingerprint density at radius 2 is 1.89 bits per heavy atom. The molecule has 8 heteroatoms. The summed E-state index contributed by atoms with van der Waals surface area (Å²) in [7, 11) is 4.66. The molecule has 0 saturated carbocycles. The first-order chi connectivity index (χ1) is 13.6. The van der Waals surface area contributed by atoms with Crippen molar-refractivity contribution in [3.63, 3.8) is 0 Å². The number of thioether (sulfide) groups is 1. The van der Waals surface area contributed by atoms with E-state index in [1.165, 1.54) is 11.8 Å². The van der Waals surface area contributed by atoms with Crippen molar-refractivity contribution >= 4 is 34.6 Å². The van der Waals surface area contributed by atoms with Gasteiger partial charge in [0.15, 0.2) is 16.7 Å². The minimum absolute atomic E-state index is 0.0936. The third kappa shape index (κ3) is 3.96. The van der Waals surface area contributed by atoms with E-state index in [9.17, 15) is 4.79 Å². The fourth-order valence-electron chi connectivity index (χ4n) is 2.74. The van der Waals surface area contributed by atoms with Gasteiger partial charge in [-0.1, -0.05) is 0 Å². The molecule has 0 bridgehead atoms. The van der Waals surface area contributed by atoms with Gasteiger partial charge in [0.1, 0.15) is 0 Å². The molecule has 1 aliphatic rings. The number of pyridine rings is 1. The van der Waals surface area contributed by atoms with Crippen LogP contribution in [0.3, 0.4) is 0 Å². The number of ether oxygens (including phenoxy) is 3. The van der Waals surface area contributed by atoms with E-state index in [0.29, 0.717) is 39.6 Å². The first-order valence-electron chi connectivity index (χ1n) is 8.61. The zero-order chi connectivity index (χ0) is 20.1. The quantitative estimate of drug-likeness (QED) is 0.689. The summed E-state index contributed by atoms with van der Waals surface area (Å²) in [6.07, 6.45) is 5.14. The van der Waals surface area contributed by atoms with Crippen LogP contribution in [-0.2, 0) is 4.79 Å². The van der Waals surface area contributed by atoms with Gasteiger partial charge in [-0.15, -0.1) is 0 Å². The van der Waals surface area contributed by atoms with Crippen LogP contribution in [0.2, 0.25) is 0 Å². The van der Waals surface area contributed by atoms with E-state index in [4.69, 9.17) is 14.2 Å². The van der Waals surface area contributed by atoms with Gasteiger partial charge in [0.25, 0.3) is 5.91 Å². The van der Waals surface area contributed by atoms with E-state index < -0.39 is 0 Å². The van der Waals surface area contributed by atoms with Gasteiger partial charge in [-0.05, 0) is 54.6 Å². The minimum atomic E-state index is -0.0936. The zero-order valence-electron chi connectivity index (χ0n) is 16.1. The smallest absolute Gasteiger partial charge is 0.266 e. The van der Waals surface area contributed by atoms with Gasteiger partial charge in [-0.3, -0.25) is 14.7 Å². The highest BCUT2D eigenvalue weighted by Crippen LogP contribution is 2.40. The average molecular weight is 399 g/mol. The second-order valence-electron chi connectivity index (χ2n) is 5.72. The number of benzene rings is 1. The molecule has 0 N–H and O–H groups in total. The van der Waals surface area contributed by atoms with Gasteiger partial charge in [0, 0.05) is 12.7 Å². The number of nitrogens with zero attached hydrogens (tertiary/aromatic N) is 3. The molecule has 1 aromatic heterocycles. The summed E-state index contributed by atoms with van der Waals surface area (Å²) < 4.78 is 16.1. The van der Waals surface area contributed by atoms with E-state index in [1.54, 1.807) is 56.8 Å². The first-order valence-corrected chi connectivity index (χ1v) is 9.43. The predicted octanol–water partition coefficient (Wildman–Crippen LogP) is 3.73. The number of methoxy groups -OCH3 is 3. The van der Waals surface area contributed by atoms with Crippen LogP contribution in [0.4, 0.5) is 5.69 Å². The summed E-state index contributed by atoms with van der Waals surface area (Å²) in [4.78, 5) is 23.7. The van der Waals surface area contributed by atoms with Gasteiger partial charge in [-0.25, -0.2) is 4.99 Å². The third-order valence-corrected chi connectivity index (χ3v) is 5.07. The van der Waals surface area contributed by atoms with E-state index in [2.05, 4.69) is 9.98 Å². The number of amides is 1. The molecule has 2 heterocycles. The Balaban J connectivity index is 1.98. The Kier molecular flexibility index (Phi) is 6.20. The Bertz CT molecular complexity index is 903. The SMILES string of the molecule is CCN1C(=O)/C(=C/c2cc(OC)c(OC)c(OC)c2)SC1=Nc1cccnc1. The molecule has 2 aromatic rings. The maximum Gasteiger partial charge on any atom is 0.266 e. The molecule has 28 heavy (non-hydrogen) atoms. The molecule has 0 aliphatic carbocycles. The molecular weight excluding hydrogens is 378 g/mol. The summed E-state index contributed by atoms with van der Waals surface area (Å²) in [6.45, 7) is 2.44. The van der Waals surface area contributed by atoms with E-state index in [0.717, 1.165) is 5.56 Å². The Morgan fingerprint density at radius 3 is 2.43 bits per heavy atom. The van der Waals surface area contributed by atoms with Crippen molar-refractivity contribution in [2.75, 3.05) is 27.9 Å². The molecule has 7 nitrogen and oxygen atoms in total. The molecule has 1 aliphatic heterocycles. The summed E-state index contributed by atoms with van der Waals surface area (Å²) >= 11 is 1.32. The Labute approximate surface area is 168 Å². The van der Waals surface area contributed by atoms with Crippen molar-refractivity contribution in [2.45, 2.75) is 6.92 Å². The fraction of sp³-hybridized carbons (Fsp3) is 0.250. The van der Waals surface area contributed by atoms with Crippen LogP contribution in [0.25, 0.3) is 6.08 Å². The molecule has 0 radical (unpaired) electrons. The summed E-state index contributed by atoms with van der Waals surface area (Å²) in [5.74, 6) is 1.47. The number of hydrogen-bond acceptors (Lipinski definition) is 7. The molecule has 3 rings (SSSR count). The van der Waals surface area contributed by atoms with Crippen LogP contribution < -0.4 is 14.2 Å². The molecule has 0 unspecified atom stereocenters. The maximum absolute atomic E-state index is 12.8. The van der Waals surface area contributed by atoms with E-state index in [-0.39, 0.29) is 5.91 Å². The van der Waals surface area contributed by atoms with Crippen molar-refractivity contribution in [1.82, 2.24) is 9.88 Å². The van der Waals surface area contributed by atoms with Crippen molar-refractivity contribution in [2.24, 2.45) is 4.99 Å². The van der Waals surface area contributed by atoms with Crippen molar-refractivity contribution < 1.29 is 19.0 Å². The van der Waals surface area contributed by atoms with E-state index >= 15 is 0 Å². The largest absolute Gasteiger partial charge is 0.493 e. The molecule has 1 fully saturated rings. The van der Waals surface area contributed by atoms with Crippen LogP contribution in [-0.4, -0.2) is 48.8 Å². The summed E-state index contributed by atoms with van der Waals surface area (Å²) in [5, 5.41) is 0.624. The van der Waals surface area contributed by atoms with Crippen molar-refractivity contribution in [3.8, 4) is 17.2 Å². The molecule has 1 saturated heterocycles. The van der Waals surface area contributed by atoms with Crippen LogP contribution in [0.1, 0.15) is 12.5 Å². The lowest BCUT2D eigenvalue weighted by atomic mass is 10.1. The van der Waals surface area contributed by atoms with Gasteiger partial charge < -0.3 is 14.2 Å². The predicted molar refractivity (Wildman–Crippen MR) is 110 cm³/mol. The zero-order valence-corrected chi connectivity index (χ0v) is 16.9. The number of carbonyl (C=O) groups is 1. The number of rotatable bonds is 6. The van der Waals surface area contributed by atoms with Crippen molar-refractivity contribution in [3.05, 3.63) is 47.1 Å². The average Bonchev–Trinajstić information content (AvgIpc) is 3.01. The van der Waals surface area contributed by atoms with Crippen LogP contribution in [0.15, 0.2) is 46.6 Å². The van der Waals surface area contributed by atoms with Gasteiger partial charge >= 0.3 is 0 Å². The monoisotopic (exact) mass is 399 g/mol. The van der Waals surface area contributed by atoms with Crippen LogP contribution in [0.5, 0.6) is 17.2 Å². The van der Waals surface area contributed by atoms with Crippen LogP contribution in [0, 0.1) is 0 Å². The lowest BCUT2D eigenvalue weighted by Gasteiger charge is -2.13. The number of aromatic nitrogens is 1. The number of likely N-dealkylation sites (N-methyl/N-ethyl adjacent to an activating group) is 1. The summed E-state index contributed by atoms with van der Waals surface area (Å²) in [5.41, 5.74) is 1.47. The standard InChI is InChI=1S/C20H21N3O4S/c1-5-23-19(24)17(28-20(23)22-14-7-6-8-21-12-14)11-13-9-15(25-2)18(27-4)16(10-13)26-3/h6-12H,5H2,1-4H3/b17-11-,22-20?.